The molecule has 0 aliphatic heterocycles. The first kappa shape index (κ1) is 19.7. The summed E-state index contributed by atoms with van der Waals surface area (Å²) in [4.78, 5) is 22.0. The topological polar surface area (TPSA) is 118 Å². The number of carbonyl (C=O) groups is 1. The lowest BCUT2D eigenvalue weighted by molar-refractivity contribution is -0.385. The Morgan fingerprint density at radius 1 is 1.19 bits per heavy atom. The molecule has 2 aromatic carbocycles. The third kappa shape index (κ3) is 4.93. The molecule has 0 heterocycles. The molecular formula is C16H16ClN3O5S. The maximum Gasteiger partial charge on any atom is 0.270 e. The number of amides is 1. The second kappa shape index (κ2) is 7.71. The molecule has 138 valence electrons. The van der Waals surface area contributed by atoms with Gasteiger partial charge in [0.2, 0.25) is 5.91 Å². The van der Waals surface area contributed by atoms with Crippen molar-refractivity contribution < 1.29 is 18.1 Å². The monoisotopic (exact) mass is 397 g/mol. The number of nitro groups is 1. The van der Waals surface area contributed by atoms with Gasteiger partial charge in [-0.2, -0.15) is 0 Å². The van der Waals surface area contributed by atoms with Crippen LogP contribution in [-0.4, -0.2) is 32.0 Å². The predicted molar refractivity (Wildman–Crippen MR) is 99.5 cm³/mol. The Balaban J connectivity index is 2.15. The molecule has 0 saturated heterocycles. The molecular weight excluding hydrogens is 382 g/mol. The molecule has 2 aromatic rings. The first-order chi connectivity index (χ1) is 12.1. The van der Waals surface area contributed by atoms with E-state index in [2.05, 4.69) is 10.6 Å². The first-order valence-electron chi connectivity index (χ1n) is 7.36. The molecule has 0 fully saturated rings. The number of non-ortho nitro benzene ring substituents is 1. The quantitative estimate of drug-likeness (QED) is 0.571. The Morgan fingerprint density at radius 3 is 2.42 bits per heavy atom. The molecule has 1 amide bonds. The Labute approximate surface area is 155 Å². The van der Waals surface area contributed by atoms with Crippen molar-refractivity contribution in [1.82, 2.24) is 0 Å². The molecule has 0 bridgehead atoms. The molecule has 0 spiro atoms. The first-order valence-corrected chi connectivity index (χ1v) is 9.63. The van der Waals surface area contributed by atoms with Gasteiger partial charge in [0.1, 0.15) is 0 Å². The van der Waals surface area contributed by atoms with Crippen molar-refractivity contribution in [1.29, 1.82) is 0 Å². The van der Waals surface area contributed by atoms with Crippen LogP contribution in [0.2, 0.25) is 5.02 Å². The van der Waals surface area contributed by atoms with E-state index >= 15 is 0 Å². The minimum Gasteiger partial charge on any atom is -0.375 e. The van der Waals surface area contributed by atoms with E-state index in [0.717, 1.165) is 24.0 Å². The Hall–Kier alpha value is -2.65. The zero-order valence-corrected chi connectivity index (χ0v) is 15.5. The van der Waals surface area contributed by atoms with Crippen LogP contribution in [0.25, 0.3) is 0 Å². The van der Waals surface area contributed by atoms with Crippen LogP contribution in [0, 0.1) is 17.0 Å². The number of rotatable bonds is 6. The maximum atomic E-state index is 12.1. The van der Waals surface area contributed by atoms with Gasteiger partial charge in [-0.05, 0) is 30.7 Å². The molecule has 26 heavy (non-hydrogen) atoms. The third-order valence-corrected chi connectivity index (χ3v) is 4.86. The maximum absolute atomic E-state index is 12.1. The van der Waals surface area contributed by atoms with Gasteiger partial charge in [0.05, 0.1) is 32.8 Å². The van der Waals surface area contributed by atoms with Gasteiger partial charge in [0.25, 0.3) is 5.69 Å². The van der Waals surface area contributed by atoms with E-state index < -0.39 is 20.7 Å². The summed E-state index contributed by atoms with van der Waals surface area (Å²) < 4.78 is 23.7. The molecule has 0 radical (unpaired) electrons. The van der Waals surface area contributed by atoms with E-state index in [9.17, 15) is 23.3 Å². The summed E-state index contributed by atoms with van der Waals surface area (Å²) in [7, 11) is -3.73. The van der Waals surface area contributed by atoms with Crippen LogP contribution < -0.4 is 10.6 Å². The zero-order chi connectivity index (χ0) is 19.5. The van der Waals surface area contributed by atoms with Crippen molar-refractivity contribution in [2.45, 2.75) is 11.8 Å². The summed E-state index contributed by atoms with van der Waals surface area (Å²) in [6.45, 7) is 1.62. The van der Waals surface area contributed by atoms with Gasteiger partial charge in [-0.25, -0.2) is 8.42 Å². The number of hydrogen-bond donors (Lipinski definition) is 2. The molecule has 0 atom stereocenters. The van der Waals surface area contributed by atoms with E-state index in [1.807, 2.05) is 6.92 Å². The zero-order valence-electron chi connectivity index (χ0n) is 13.9. The largest absolute Gasteiger partial charge is 0.375 e. The van der Waals surface area contributed by atoms with E-state index in [0.29, 0.717) is 10.7 Å². The van der Waals surface area contributed by atoms with E-state index in [4.69, 9.17) is 11.6 Å². The van der Waals surface area contributed by atoms with E-state index in [-0.39, 0.29) is 22.8 Å². The molecule has 0 saturated carbocycles. The summed E-state index contributed by atoms with van der Waals surface area (Å²) in [6, 6.07) is 8.50. The lowest BCUT2D eigenvalue weighted by atomic mass is 10.2. The summed E-state index contributed by atoms with van der Waals surface area (Å²) >= 11 is 6.04. The highest BCUT2D eigenvalue weighted by Gasteiger charge is 2.19. The van der Waals surface area contributed by atoms with Crippen molar-refractivity contribution in [2.75, 3.05) is 23.4 Å². The molecule has 2 N–H and O–H groups in total. The van der Waals surface area contributed by atoms with Crippen LogP contribution in [0.1, 0.15) is 5.56 Å². The summed E-state index contributed by atoms with van der Waals surface area (Å²) in [5.74, 6) is -0.450. The van der Waals surface area contributed by atoms with Gasteiger partial charge in [0.15, 0.2) is 9.84 Å². The van der Waals surface area contributed by atoms with Crippen molar-refractivity contribution in [3.05, 3.63) is 57.1 Å². The highest BCUT2D eigenvalue weighted by Crippen LogP contribution is 2.26. The fraction of sp³-hybridized carbons (Fsp3) is 0.188. The van der Waals surface area contributed by atoms with Crippen molar-refractivity contribution in [3.63, 3.8) is 0 Å². The average molecular weight is 398 g/mol. The van der Waals surface area contributed by atoms with Crippen LogP contribution in [0.3, 0.4) is 0 Å². The van der Waals surface area contributed by atoms with Crippen LogP contribution >= 0.6 is 11.6 Å². The fourth-order valence-corrected chi connectivity index (χ4v) is 3.33. The number of nitrogens with zero attached hydrogens (tertiary/aromatic N) is 1. The predicted octanol–water partition coefficient (Wildman–Crippen LogP) is 3.01. The van der Waals surface area contributed by atoms with Gasteiger partial charge in [0, 0.05) is 18.4 Å². The van der Waals surface area contributed by atoms with Gasteiger partial charge < -0.3 is 10.6 Å². The molecule has 8 nitrogen and oxygen atoms in total. The number of hydrogen-bond acceptors (Lipinski definition) is 6. The second-order valence-corrected chi connectivity index (χ2v) is 7.99. The van der Waals surface area contributed by atoms with Gasteiger partial charge in [-0.15, -0.1) is 0 Å². The fourth-order valence-electron chi connectivity index (χ4n) is 2.17. The lowest BCUT2D eigenvalue weighted by Crippen LogP contribution is -2.22. The number of benzene rings is 2. The number of sulfone groups is 1. The normalized spacial score (nSPS) is 11.0. The summed E-state index contributed by atoms with van der Waals surface area (Å²) in [6.07, 6.45) is 0.934. The van der Waals surface area contributed by atoms with Crippen molar-refractivity contribution in [2.24, 2.45) is 0 Å². The highest BCUT2D eigenvalue weighted by molar-refractivity contribution is 7.90. The number of carbonyl (C=O) groups excluding carboxylic acids is 1. The number of aryl methyl sites for hydroxylation is 1. The Bertz CT molecular complexity index is 976. The molecule has 10 heteroatoms. The van der Waals surface area contributed by atoms with Gasteiger partial charge >= 0.3 is 0 Å². The van der Waals surface area contributed by atoms with E-state index in [1.54, 1.807) is 18.2 Å². The smallest absolute Gasteiger partial charge is 0.270 e. The number of nitrogens with one attached hydrogen (secondary N) is 2. The molecule has 2 rings (SSSR count). The SMILES string of the molecule is Cc1ccc(NC(=O)CNc2ccc([N+](=O)[O-])cc2S(C)(=O)=O)c(Cl)c1. The molecule has 0 unspecified atom stereocenters. The average Bonchev–Trinajstić information content (AvgIpc) is 2.54. The minimum absolute atomic E-state index is 0.100. The van der Waals surface area contributed by atoms with Crippen LogP contribution in [0.4, 0.5) is 17.1 Å². The van der Waals surface area contributed by atoms with Crippen LogP contribution in [-0.2, 0) is 14.6 Å². The lowest BCUT2D eigenvalue weighted by Gasteiger charge is -2.12. The Morgan fingerprint density at radius 2 is 1.85 bits per heavy atom. The van der Waals surface area contributed by atoms with Crippen LogP contribution in [0.5, 0.6) is 0 Å². The Kier molecular flexibility index (Phi) is 5.83. The van der Waals surface area contributed by atoms with Gasteiger partial charge in [-0.3, -0.25) is 14.9 Å². The van der Waals surface area contributed by atoms with Crippen molar-refractivity contribution in [3.8, 4) is 0 Å². The van der Waals surface area contributed by atoms with Crippen LogP contribution in [0.15, 0.2) is 41.3 Å². The molecule has 0 aliphatic rings. The standard InChI is InChI=1S/C16H16ClN3O5S/c1-10-3-5-13(12(17)7-10)19-16(21)9-18-14-6-4-11(20(22)23)8-15(14)26(2,24)25/h3-8,18H,9H2,1-2H3,(H,19,21). The van der Waals surface area contributed by atoms with Gasteiger partial charge in [-0.1, -0.05) is 17.7 Å². The van der Waals surface area contributed by atoms with Crippen molar-refractivity contribution >= 4 is 44.4 Å². The third-order valence-electron chi connectivity index (χ3n) is 3.41. The number of halogens is 1. The summed E-state index contributed by atoms with van der Waals surface area (Å²) in [5.41, 5.74) is 1.11. The highest BCUT2D eigenvalue weighted by atomic mass is 35.5. The minimum atomic E-state index is -3.73. The number of nitro benzene ring substituents is 1. The summed E-state index contributed by atoms with van der Waals surface area (Å²) in [5, 5.41) is 16.5. The second-order valence-electron chi connectivity index (χ2n) is 5.59. The number of anilines is 2. The molecule has 0 aromatic heterocycles. The molecule has 0 aliphatic carbocycles. The van der Waals surface area contributed by atoms with E-state index in [1.165, 1.54) is 6.07 Å².